The molecule has 0 spiro atoms. The van der Waals surface area contributed by atoms with E-state index in [9.17, 15) is 19.7 Å². The standard InChI is InChI=1S/C22H27BN2O7/c26-10-8-25(9-11-27)14-16-6-4-15(5-7-16)12-20(28)24-19-13-17-2-1-3-18(22(29)30)21(17)32-23(19)31/h1-7,19,26-27,31H,8-14H2,(H,24,28)(H,29,30)/t19-/m0/s1. The molecule has 1 aliphatic heterocycles. The summed E-state index contributed by atoms with van der Waals surface area (Å²) in [5, 5.41) is 40.5. The fourth-order valence-corrected chi connectivity index (χ4v) is 3.73. The summed E-state index contributed by atoms with van der Waals surface area (Å²) in [4.78, 5) is 25.8. The third-order valence-corrected chi connectivity index (χ3v) is 5.32. The van der Waals surface area contributed by atoms with E-state index in [1.807, 2.05) is 29.2 Å². The van der Waals surface area contributed by atoms with Crippen molar-refractivity contribution in [2.75, 3.05) is 26.3 Å². The van der Waals surface area contributed by atoms with Gasteiger partial charge in [0.1, 0.15) is 5.75 Å². The molecule has 0 bridgehead atoms. The number of aliphatic hydroxyl groups is 2. The molecule has 10 heteroatoms. The number of hydrogen-bond donors (Lipinski definition) is 5. The van der Waals surface area contributed by atoms with Gasteiger partial charge in [0.2, 0.25) is 5.91 Å². The Bertz CT molecular complexity index is 932. The Morgan fingerprint density at radius 3 is 2.34 bits per heavy atom. The SMILES string of the molecule is O=C(Cc1ccc(CN(CCO)CCO)cc1)N[C@H]1Cc2cccc(C(=O)O)c2OB1O. The number of carbonyl (C=O) groups is 2. The van der Waals surface area contributed by atoms with Crippen LogP contribution in [0.15, 0.2) is 42.5 Å². The third kappa shape index (κ3) is 6.07. The first-order chi connectivity index (χ1) is 15.4. The number of amides is 1. The molecule has 9 nitrogen and oxygen atoms in total. The highest BCUT2D eigenvalue weighted by molar-refractivity contribution is 6.47. The number of para-hydroxylation sites is 1. The van der Waals surface area contributed by atoms with Crippen LogP contribution in [-0.2, 0) is 24.2 Å². The molecule has 2 aromatic rings. The average molecular weight is 442 g/mol. The van der Waals surface area contributed by atoms with Crippen molar-refractivity contribution in [2.24, 2.45) is 0 Å². The van der Waals surface area contributed by atoms with Gasteiger partial charge in [-0.2, -0.15) is 0 Å². The molecular weight excluding hydrogens is 415 g/mol. The van der Waals surface area contributed by atoms with Gasteiger partial charge in [0.05, 0.1) is 31.1 Å². The van der Waals surface area contributed by atoms with Gasteiger partial charge in [0.25, 0.3) is 0 Å². The maximum Gasteiger partial charge on any atom is 0.547 e. The van der Waals surface area contributed by atoms with Gasteiger partial charge in [-0.3, -0.25) is 9.69 Å². The van der Waals surface area contributed by atoms with E-state index < -0.39 is 19.0 Å². The third-order valence-electron chi connectivity index (χ3n) is 5.32. The van der Waals surface area contributed by atoms with Gasteiger partial charge in [-0.1, -0.05) is 36.4 Å². The molecular formula is C22H27BN2O7. The van der Waals surface area contributed by atoms with Crippen molar-refractivity contribution in [1.29, 1.82) is 0 Å². The van der Waals surface area contributed by atoms with Crippen molar-refractivity contribution in [2.45, 2.75) is 25.3 Å². The lowest BCUT2D eigenvalue weighted by molar-refractivity contribution is -0.120. The fourth-order valence-electron chi connectivity index (χ4n) is 3.73. The van der Waals surface area contributed by atoms with Crippen LogP contribution in [0.4, 0.5) is 0 Å². The summed E-state index contributed by atoms with van der Waals surface area (Å²) in [5.41, 5.74) is 2.38. The quantitative estimate of drug-likeness (QED) is 0.320. The number of benzene rings is 2. The first-order valence-electron chi connectivity index (χ1n) is 10.4. The molecule has 170 valence electrons. The lowest BCUT2D eigenvalue weighted by Crippen LogP contribution is -2.53. The lowest BCUT2D eigenvalue weighted by atomic mass is 9.72. The molecule has 0 aliphatic carbocycles. The van der Waals surface area contributed by atoms with E-state index in [1.54, 1.807) is 12.1 Å². The Hall–Kier alpha value is -2.92. The topological polar surface area (TPSA) is 140 Å². The molecule has 0 unspecified atom stereocenters. The van der Waals surface area contributed by atoms with Crippen LogP contribution < -0.4 is 9.97 Å². The number of nitrogens with one attached hydrogen (secondary N) is 1. The van der Waals surface area contributed by atoms with Gasteiger partial charge >= 0.3 is 13.1 Å². The van der Waals surface area contributed by atoms with Crippen LogP contribution in [-0.4, -0.2) is 76.5 Å². The zero-order chi connectivity index (χ0) is 23.1. The maximum atomic E-state index is 12.5. The number of aliphatic hydroxyl groups excluding tert-OH is 2. The second kappa shape index (κ2) is 11.1. The molecule has 0 saturated carbocycles. The number of carbonyl (C=O) groups excluding carboxylic acids is 1. The molecule has 1 atom stereocenters. The lowest BCUT2D eigenvalue weighted by Gasteiger charge is -2.28. The maximum absolute atomic E-state index is 12.5. The van der Waals surface area contributed by atoms with Crippen LogP contribution in [0.2, 0.25) is 0 Å². The monoisotopic (exact) mass is 442 g/mol. The van der Waals surface area contributed by atoms with Gasteiger partial charge in [0, 0.05) is 19.6 Å². The van der Waals surface area contributed by atoms with Crippen molar-refractivity contribution >= 4 is 19.0 Å². The molecule has 3 rings (SSSR count). The Labute approximate surface area is 186 Å². The molecule has 1 amide bonds. The molecule has 32 heavy (non-hydrogen) atoms. The van der Waals surface area contributed by atoms with Crippen molar-refractivity contribution in [3.8, 4) is 5.75 Å². The number of carboxylic acids is 1. The van der Waals surface area contributed by atoms with Crippen LogP contribution in [0.3, 0.4) is 0 Å². The van der Waals surface area contributed by atoms with Crippen LogP contribution in [0, 0.1) is 0 Å². The molecule has 1 heterocycles. The van der Waals surface area contributed by atoms with Crippen LogP contribution >= 0.6 is 0 Å². The van der Waals surface area contributed by atoms with Gasteiger partial charge in [-0.25, -0.2) is 4.79 Å². The summed E-state index contributed by atoms with van der Waals surface area (Å²) < 4.78 is 5.40. The molecule has 0 aromatic heterocycles. The minimum absolute atomic E-state index is 0.0110. The number of aromatic carboxylic acids is 1. The Balaban J connectivity index is 1.57. The Kier molecular flexibility index (Phi) is 8.23. The summed E-state index contributed by atoms with van der Waals surface area (Å²) in [7, 11) is -1.35. The minimum Gasteiger partial charge on any atom is -0.534 e. The summed E-state index contributed by atoms with van der Waals surface area (Å²) in [6.45, 7) is 1.53. The number of carboxylic acid groups (broad SMARTS) is 1. The predicted octanol–water partition coefficient (Wildman–Crippen LogP) is -0.146. The van der Waals surface area contributed by atoms with Crippen molar-refractivity contribution < 1.29 is 34.6 Å². The van der Waals surface area contributed by atoms with Crippen molar-refractivity contribution in [3.63, 3.8) is 0 Å². The van der Waals surface area contributed by atoms with Crippen LogP contribution in [0.25, 0.3) is 0 Å². The highest BCUT2D eigenvalue weighted by Gasteiger charge is 2.37. The van der Waals surface area contributed by atoms with E-state index in [2.05, 4.69) is 5.32 Å². The zero-order valence-electron chi connectivity index (χ0n) is 17.6. The second-order valence-corrected chi connectivity index (χ2v) is 7.70. The van der Waals surface area contributed by atoms with Gasteiger partial charge < -0.3 is 30.3 Å². The number of rotatable bonds is 10. The van der Waals surface area contributed by atoms with E-state index in [-0.39, 0.29) is 43.3 Å². The molecule has 0 fully saturated rings. The number of fused-ring (bicyclic) bond motifs is 1. The highest BCUT2D eigenvalue weighted by Crippen LogP contribution is 2.30. The molecule has 5 N–H and O–H groups in total. The van der Waals surface area contributed by atoms with Crippen molar-refractivity contribution in [1.82, 2.24) is 10.2 Å². The minimum atomic E-state index is -1.35. The normalized spacial score (nSPS) is 15.2. The van der Waals surface area contributed by atoms with Crippen LogP contribution in [0.1, 0.15) is 27.0 Å². The summed E-state index contributed by atoms with van der Waals surface area (Å²) in [6.07, 6.45) is 0.371. The van der Waals surface area contributed by atoms with Gasteiger partial charge in [-0.05, 0) is 29.2 Å². The Morgan fingerprint density at radius 2 is 1.72 bits per heavy atom. The highest BCUT2D eigenvalue weighted by atomic mass is 16.5. The average Bonchev–Trinajstić information content (AvgIpc) is 2.75. The van der Waals surface area contributed by atoms with Gasteiger partial charge in [-0.15, -0.1) is 0 Å². The van der Waals surface area contributed by atoms with E-state index >= 15 is 0 Å². The van der Waals surface area contributed by atoms with E-state index in [1.165, 1.54) is 6.07 Å². The first kappa shape index (κ1) is 23.7. The number of nitrogens with zero attached hydrogens (tertiary/aromatic N) is 1. The van der Waals surface area contributed by atoms with E-state index in [4.69, 9.17) is 14.9 Å². The van der Waals surface area contributed by atoms with E-state index in [0.29, 0.717) is 25.2 Å². The first-order valence-corrected chi connectivity index (χ1v) is 10.4. The molecule has 1 aliphatic rings. The summed E-state index contributed by atoms with van der Waals surface area (Å²) in [6, 6.07) is 12.2. The van der Waals surface area contributed by atoms with E-state index in [0.717, 1.165) is 11.1 Å². The zero-order valence-corrected chi connectivity index (χ0v) is 17.6. The smallest absolute Gasteiger partial charge is 0.534 e. The van der Waals surface area contributed by atoms with Crippen LogP contribution in [0.5, 0.6) is 5.75 Å². The van der Waals surface area contributed by atoms with Gasteiger partial charge in [0.15, 0.2) is 0 Å². The predicted molar refractivity (Wildman–Crippen MR) is 117 cm³/mol. The molecule has 0 saturated heterocycles. The number of hydrogen-bond acceptors (Lipinski definition) is 7. The summed E-state index contributed by atoms with van der Waals surface area (Å²) in [5.74, 6) is -1.99. The second-order valence-electron chi connectivity index (χ2n) is 7.70. The molecule has 0 radical (unpaired) electrons. The fraction of sp³-hybridized carbons (Fsp3) is 0.364. The largest absolute Gasteiger partial charge is 0.547 e. The van der Waals surface area contributed by atoms with Crippen molar-refractivity contribution in [3.05, 3.63) is 64.7 Å². The molecule has 2 aromatic carbocycles. The Morgan fingerprint density at radius 1 is 1.06 bits per heavy atom. The summed E-state index contributed by atoms with van der Waals surface area (Å²) >= 11 is 0.